The van der Waals surface area contributed by atoms with Crippen molar-refractivity contribution in [2.24, 2.45) is 11.7 Å². The summed E-state index contributed by atoms with van der Waals surface area (Å²) in [5.74, 6) is 0.932. The third-order valence-corrected chi connectivity index (χ3v) is 3.67. The highest BCUT2D eigenvalue weighted by atomic mass is 32.1. The number of nitrogens with two attached hydrogens (primary N) is 1. The van der Waals surface area contributed by atoms with E-state index in [1.807, 2.05) is 0 Å². The van der Waals surface area contributed by atoms with Crippen LogP contribution in [-0.2, 0) is 0 Å². The van der Waals surface area contributed by atoms with Crippen molar-refractivity contribution in [3.05, 3.63) is 21.9 Å². The van der Waals surface area contributed by atoms with Gasteiger partial charge in [0.05, 0.1) is 0 Å². The van der Waals surface area contributed by atoms with Gasteiger partial charge in [0.25, 0.3) is 0 Å². The fourth-order valence-electron chi connectivity index (χ4n) is 1.58. The highest BCUT2D eigenvalue weighted by molar-refractivity contribution is 7.10. The van der Waals surface area contributed by atoms with Crippen molar-refractivity contribution in [1.29, 1.82) is 0 Å². The Balaban J connectivity index is 2.02. The molecule has 0 saturated heterocycles. The van der Waals surface area contributed by atoms with E-state index in [1.165, 1.54) is 29.7 Å². The molecule has 1 atom stereocenters. The predicted molar refractivity (Wildman–Crippen MR) is 53.3 cm³/mol. The molecule has 1 aromatic rings. The summed E-state index contributed by atoms with van der Waals surface area (Å²) >= 11 is 1.80. The van der Waals surface area contributed by atoms with Crippen LogP contribution in [0.2, 0.25) is 0 Å². The zero-order valence-electron chi connectivity index (χ0n) is 7.42. The monoisotopic (exact) mass is 181 g/mol. The van der Waals surface area contributed by atoms with Gasteiger partial charge in [-0.05, 0) is 36.3 Å². The summed E-state index contributed by atoms with van der Waals surface area (Å²) in [6.45, 7) is 2.15. The number of aryl methyl sites for hydroxylation is 1. The average molecular weight is 181 g/mol. The van der Waals surface area contributed by atoms with E-state index in [0.717, 1.165) is 5.92 Å². The van der Waals surface area contributed by atoms with Gasteiger partial charge < -0.3 is 5.73 Å². The first-order valence-electron chi connectivity index (χ1n) is 4.57. The van der Waals surface area contributed by atoms with Crippen LogP contribution in [0.25, 0.3) is 0 Å². The first kappa shape index (κ1) is 8.27. The van der Waals surface area contributed by atoms with Crippen molar-refractivity contribution >= 4 is 11.3 Å². The zero-order valence-corrected chi connectivity index (χ0v) is 8.23. The van der Waals surface area contributed by atoms with Crippen molar-refractivity contribution in [2.75, 3.05) is 0 Å². The van der Waals surface area contributed by atoms with E-state index in [2.05, 4.69) is 18.4 Å². The van der Waals surface area contributed by atoms with Gasteiger partial charge >= 0.3 is 0 Å². The van der Waals surface area contributed by atoms with Gasteiger partial charge in [0.1, 0.15) is 0 Å². The quantitative estimate of drug-likeness (QED) is 0.762. The summed E-state index contributed by atoms with van der Waals surface area (Å²) < 4.78 is 0. The summed E-state index contributed by atoms with van der Waals surface area (Å²) in [5, 5.41) is 2.14. The molecule has 0 radical (unpaired) electrons. The van der Waals surface area contributed by atoms with Crippen molar-refractivity contribution < 1.29 is 0 Å². The molecular weight excluding hydrogens is 166 g/mol. The molecule has 0 spiro atoms. The zero-order chi connectivity index (χ0) is 8.55. The molecule has 2 rings (SSSR count). The third kappa shape index (κ3) is 1.70. The Morgan fingerprint density at radius 3 is 2.92 bits per heavy atom. The second-order valence-corrected chi connectivity index (χ2v) is 4.70. The molecule has 1 aliphatic carbocycles. The van der Waals surface area contributed by atoms with Crippen LogP contribution in [0.5, 0.6) is 0 Å². The van der Waals surface area contributed by atoms with Gasteiger partial charge in [0, 0.05) is 10.9 Å². The Kier molecular flexibility index (Phi) is 2.20. The van der Waals surface area contributed by atoms with E-state index in [9.17, 15) is 0 Å². The Bertz CT molecular complexity index is 263. The minimum Gasteiger partial charge on any atom is -0.323 e. The van der Waals surface area contributed by atoms with Crippen molar-refractivity contribution in [1.82, 2.24) is 0 Å². The smallest absolute Gasteiger partial charge is 0.0395 e. The van der Waals surface area contributed by atoms with E-state index >= 15 is 0 Å². The Hall–Kier alpha value is -0.340. The number of rotatable bonds is 3. The number of hydrogen-bond donors (Lipinski definition) is 1. The molecule has 1 saturated carbocycles. The van der Waals surface area contributed by atoms with Gasteiger partial charge in [0.2, 0.25) is 0 Å². The maximum atomic E-state index is 6.09. The third-order valence-electron chi connectivity index (χ3n) is 2.52. The molecule has 0 aliphatic heterocycles. The van der Waals surface area contributed by atoms with Crippen LogP contribution in [-0.4, -0.2) is 0 Å². The second-order valence-electron chi connectivity index (χ2n) is 3.75. The van der Waals surface area contributed by atoms with Crippen molar-refractivity contribution in [3.63, 3.8) is 0 Å². The predicted octanol–water partition coefficient (Wildman–Crippen LogP) is 2.86. The van der Waals surface area contributed by atoms with Gasteiger partial charge in [-0.2, -0.15) is 0 Å². The van der Waals surface area contributed by atoms with Crippen molar-refractivity contribution in [3.8, 4) is 0 Å². The van der Waals surface area contributed by atoms with Crippen LogP contribution in [0, 0.1) is 12.8 Å². The highest BCUT2D eigenvalue weighted by Gasteiger charge is 2.25. The number of hydrogen-bond acceptors (Lipinski definition) is 2. The van der Waals surface area contributed by atoms with Crippen LogP contribution < -0.4 is 5.73 Å². The summed E-state index contributed by atoms with van der Waals surface area (Å²) in [4.78, 5) is 1.39. The molecule has 1 nitrogen and oxygen atoms in total. The fourth-order valence-corrected chi connectivity index (χ4v) is 2.53. The Labute approximate surface area is 77.6 Å². The largest absolute Gasteiger partial charge is 0.323 e. The molecule has 1 aliphatic rings. The molecule has 0 amide bonds. The SMILES string of the molecule is Cc1ccsc1[C@H](N)CC1CC1. The molecule has 12 heavy (non-hydrogen) atoms. The highest BCUT2D eigenvalue weighted by Crippen LogP contribution is 2.38. The van der Waals surface area contributed by atoms with E-state index < -0.39 is 0 Å². The lowest BCUT2D eigenvalue weighted by Gasteiger charge is -2.09. The standard InChI is InChI=1S/C10H15NS/c1-7-4-5-12-10(7)9(11)6-8-2-3-8/h4-5,8-9H,2-3,6,11H2,1H3/t9-/m1/s1. The summed E-state index contributed by atoms with van der Waals surface area (Å²) in [5.41, 5.74) is 7.46. The van der Waals surface area contributed by atoms with Crippen LogP contribution in [0.3, 0.4) is 0 Å². The topological polar surface area (TPSA) is 26.0 Å². The summed E-state index contributed by atoms with van der Waals surface area (Å²) in [6, 6.07) is 2.46. The molecular formula is C10H15NS. The van der Waals surface area contributed by atoms with Crippen LogP contribution >= 0.6 is 11.3 Å². The lowest BCUT2D eigenvalue weighted by Crippen LogP contribution is -2.10. The lowest BCUT2D eigenvalue weighted by molar-refractivity contribution is 0.603. The van der Waals surface area contributed by atoms with E-state index in [0.29, 0.717) is 6.04 Å². The van der Waals surface area contributed by atoms with Crippen LogP contribution in [0.1, 0.15) is 35.7 Å². The molecule has 66 valence electrons. The average Bonchev–Trinajstić information content (AvgIpc) is 2.72. The van der Waals surface area contributed by atoms with Gasteiger partial charge in [-0.25, -0.2) is 0 Å². The van der Waals surface area contributed by atoms with E-state index in [4.69, 9.17) is 5.73 Å². The molecule has 1 fully saturated rings. The maximum absolute atomic E-state index is 6.09. The summed E-state index contributed by atoms with van der Waals surface area (Å²) in [6.07, 6.45) is 4.00. The van der Waals surface area contributed by atoms with E-state index in [-0.39, 0.29) is 0 Å². The molecule has 2 heteroatoms. The van der Waals surface area contributed by atoms with Crippen LogP contribution in [0.15, 0.2) is 11.4 Å². The molecule has 0 bridgehead atoms. The molecule has 0 unspecified atom stereocenters. The molecule has 2 N–H and O–H groups in total. The molecule has 1 aromatic heterocycles. The fraction of sp³-hybridized carbons (Fsp3) is 0.600. The first-order valence-corrected chi connectivity index (χ1v) is 5.45. The molecule has 1 heterocycles. The van der Waals surface area contributed by atoms with Gasteiger partial charge in [-0.1, -0.05) is 12.8 Å². The number of thiophene rings is 1. The second kappa shape index (κ2) is 3.19. The Morgan fingerprint density at radius 2 is 2.42 bits per heavy atom. The minimum atomic E-state index is 0.303. The Morgan fingerprint density at radius 1 is 1.67 bits per heavy atom. The minimum absolute atomic E-state index is 0.303. The van der Waals surface area contributed by atoms with E-state index in [1.54, 1.807) is 11.3 Å². The maximum Gasteiger partial charge on any atom is 0.0395 e. The normalized spacial score (nSPS) is 19.5. The molecule has 0 aromatic carbocycles. The lowest BCUT2D eigenvalue weighted by atomic mass is 10.1. The van der Waals surface area contributed by atoms with Crippen molar-refractivity contribution in [2.45, 2.75) is 32.2 Å². The van der Waals surface area contributed by atoms with Gasteiger partial charge in [-0.3, -0.25) is 0 Å². The van der Waals surface area contributed by atoms with Gasteiger partial charge in [-0.15, -0.1) is 11.3 Å². The van der Waals surface area contributed by atoms with Gasteiger partial charge in [0.15, 0.2) is 0 Å². The first-order chi connectivity index (χ1) is 5.77. The van der Waals surface area contributed by atoms with Crippen LogP contribution in [0.4, 0.5) is 0 Å². The summed E-state index contributed by atoms with van der Waals surface area (Å²) in [7, 11) is 0.